The third-order valence-corrected chi connectivity index (χ3v) is 6.16. The van der Waals surface area contributed by atoms with Gasteiger partial charge in [-0.15, -0.1) is 0 Å². The number of hydrogen-bond acceptors (Lipinski definition) is 5. The minimum atomic E-state index is -3.76. The van der Waals surface area contributed by atoms with Crippen molar-refractivity contribution in [2.24, 2.45) is 5.14 Å². The van der Waals surface area contributed by atoms with E-state index in [1.165, 1.54) is 12.1 Å². The van der Waals surface area contributed by atoms with Crippen LogP contribution in [0, 0.1) is 0 Å². The molecule has 0 aliphatic heterocycles. The molecule has 32 heavy (non-hydrogen) atoms. The number of sulfonamides is 1. The second kappa shape index (κ2) is 9.86. The molecule has 0 radical (unpaired) electrons. The molecule has 3 aromatic carbocycles. The van der Waals surface area contributed by atoms with Crippen molar-refractivity contribution in [3.63, 3.8) is 0 Å². The highest BCUT2D eigenvalue weighted by atomic mass is 32.2. The van der Waals surface area contributed by atoms with Gasteiger partial charge in [0.15, 0.2) is 5.78 Å². The maximum atomic E-state index is 12.8. The molecule has 3 aromatic rings. The van der Waals surface area contributed by atoms with Crippen LogP contribution in [0.2, 0.25) is 0 Å². The molecule has 0 unspecified atom stereocenters. The molecule has 7 nitrogen and oxygen atoms in total. The van der Waals surface area contributed by atoms with E-state index in [4.69, 9.17) is 5.14 Å². The number of likely N-dealkylation sites (N-methyl/N-ethyl adjacent to an activating group) is 1. The topological polar surface area (TPSA) is 110 Å². The fraction of sp³-hybridized carbons (Fsp3) is 0.167. The highest BCUT2D eigenvalue weighted by Crippen LogP contribution is 2.22. The maximum Gasteiger partial charge on any atom is 0.238 e. The van der Waals surface area contributed by atoms with Gasteiger partial charge in [-0.2, -0.15) is 0 Å². The van der Waals surface area contributed by atoms with Crippen molar-refractivity contribution >= 4 is 27.4 Å². The number of para-hydroxylation sites is 1. The van der Waals surface area contributed by atoms with Crippen molar-refractivity contribution in [2.45, 2.75) is 17.9 Å². The molecule has 1 atom stereocenters. The summed E-state index contributed by atoms with van der Waals surface area (Å²) in [7, 11) is -1.97. The van der Waals surface area contributed by atoms with Crippen LogP contribution in [-0.2, 0) is 14.8 Å². The summed E-state index contributed by atoms with van der Waals surface area (Å²) in [5.74, 6) is -0.438. The van der Waals surface area contributed by atoms with Gasteiger partial charge in [0, 0.05) is 17.2 Å². The van der Waals surface area contributed by atoms with Gasteiger partial charge >= 0.3 is 0 Å². The molecular formula is C24H25N3O4S. The number of nitrogens with two attached hydrogens (primary N) is 1. The Morgan fingerprint density at radius 3 is 2.16 bits per heavy atom. The van der Waals surface area contributed by atoms with Gasteiger partial charge < -0.3 is 5.32 Å². The molecule has 0 aromatic heterocycles. The van der Waals surface area contributed by atoms with Gasteiger partial charge in [-0.25, -0.2) is 13.6 Å². The van der Waals surface area contributed by atoms with Gasteiger partial charge in [-0.3, -0.25) is 14.5 Å². The number of amides is 1. The first-order valence-corrected chi connectivity index (χ1v) is 11.5. The van der Waals surface area contributed by atoms with E-state index in [0.717, 1.165) is 5.56 Å². The predicted molar refractivity (Wildman–Crippen MR) is 124 cm³/mol. The number of hydrogen-bond donors (Lipinski definition) is 2. The summed E-state index contributed by atoms with van der Waals surface area (Å²) in [4.78, 5) is 27.4. The molecule has 0 aliphatic rings. The minimum absolute atomic E-state index is 0.0357. The zero-order valence-electron chi connectivity index (χ0n) is 17.9. The molecule has 3 N–H and O–H groups in total. The van der Waals surface area contributed by atoms with Crippen molar-refractivity contribution in [1.82, 2.24) is 4.90 Å². The number of ketones is 1. The lowest BCUT2D eigenvalue weighted by molar-refractivity contribution is -0.117. The van der Waals surface area contributed by atoms with E-state index in [1.807, 2.05) is 17.9 Å². The van der Waals surface area contributed by atoms with Crippen LogP contribution in [0.4, 0.5) is 5.69 Å². The Hall–Kier alpha value is -3.33. The lowest BCUT2D eigenvalue weighted by Gasteiger charge is -2.25. The summed E-state index contributed by atoms with van der Waals surface area (Å²) >= 11 is 0. The molecular weight excluding hydrogens is 426 g/mol. The fourth-order valence-electron chi connectivity index (χ4n) is 3.28. The normalized spacial score (nSPS) is 12.4. The summed E-state index contributed by atoms with van der Waals surface area (Å²) in [6.45, 7) is 1.98. The van der Waals surface area contributed by atoms with Crippen LogP contribution in [0.15, 0.2) is 83.8 Å². The van der Waals surface area contributed by atoms with Crippen molar-refractivity contribution < 1.29 is 18.0 Å². The van der Waals surface area contributed by atoms with E-state index in [2.05, 4.69) is 5.32 Å². The monoisotopic (exact) mass is 451 g/mol. The molecule has 166 valence electrons. The lowest BCUT2D eigenvalue weighted by Crippen LogP contribution is -2.32. The van der Waals surface area contributed by atoms with Crippen LogP contribution in [0.3, 0.4) is 0 Å². The first-order chi connectivity index (χ1) is 15.2. The maximum absolute atomic E-state index is 12.8. The molecule has 3 rings (SSSR count). The van der Waals surface area contributed by atoms with Gasteiger partial charge in [0.25, 0.3) is 0 Å². The van der Waals surface area contributed by atoms with E-state index in [-0.39, 0.29) is 29.2 Å². The van der Waals surface area contributed by atoms with Crippen LogP contribution >= 0.6 is 0 Å². The Labute approximate surface area is 187 Å². The number of carbonyl (C=O) groups excluding carboxylic acids is 2. The Balaban J connectivity index is 1.69. The smallest absolute Gasteiger partial charge is 0.238 e. The summed E-state index contributed by atoms with van der Waals surface area (Å²) in [5.41, 5.74) is 2.25. The van der Waals surface area contributed by atoms with Crippen molar-refractivity contribution in [3.05, 3.63) is 95.6 Å². The quantitative estimate of drug-likeness (QED) is 0.511. The van der Waals surface area contributed by atoms with Gasteiger partial charge in [0.2, 0.25) is 15.9 Å². The number of primary sulfonamides is 1. The highest BCUT2D eigenvalue weighted by Gasteiger charge is 2.18. The van der Waals surface area contributed by atoms with Gasteiger partial charge in [0.05, 0.1) is 17.1 Å². The molecule has 0 fully saturated rings. The molecule has 0 spiro atoms. The second-order valence-corrected chi connectivity index (χ2v) is 9.06. The molecule has 8 heteroatoms. The predicted octanol–water partition coefficient (Wildman–Crippen LogP) is 3.20. The summed E-state index contributed by atoms with van der Waals surface area (Å²) in [5, 5.41) is 7.97. The largest absolute Gasteiger partial charge is 0.324 e. The summed E-state index contributed by atoms with van der Waals surface area (Å²) in [6.07, 6.45) is 0. The first kappa shape index (κ1) is 23.3. The standard InChI is InChI=1S/C24H25N3O4S/c1-17(18-12-14-20(15-13-18)32(25,30)31)27(2)16-23(28)26-22-11-7-6-10-21(22)24(29)19-8-4-3-5-9-19/h3-15,17H,16H2,1-2H3,(H,26,28)(H2,25,30,31)/t17-/m0/s1. The van der Waals surface area contributed by atoms with E-state index >= 15 is 0 Å². The van der Waals surface area contributed by atoms with Gasteiger partial charge in [-0.05, 0) is 43.8 Å². The van der Waals surface area contributed by atoms with Crippen LogP contribution in [0.5, 0.6) is 0 Å². The molecule has 1 amide bonds. The summed E-state index contributed by atoms with van der Waals surface area (Å²) < 4.78 is 22.8. The third kappa shape index (κ3) is 5.67. The van der Waals surface area contributed by atoms with E-state index in [0.29, 0.717) is 16.8 Å². The molecule has 0 aliphatic carbocycles. The number of carbonyl (C=O) groups is 2. The molecule has 0 saturated heterocycles. The van der Waals surface area contributed by atoms with Gasteiger partial charge in [-0.1, -0.05) is 54.6 Å². The zero-order valence-corrected chi connectivity index (χ0v) is 18.7. The van der Waals surface area contributed by atoms with Crippen LogP contribution in [-0.4, -0.2) is 38.6 Å². The van der Waals surface area contributed by atoms with Crippen molar-refractivity contribution in [1.29, 1.82) is 0 Å². The number of anilines is 1. The average molecular weight is 452 g/mol. The van der Waals surface area contributed by atoms with E-state index in [1.54, 1.807) is 67.7 Å². The molecule has 0 saturated carbocycles. The number of nitrogens with zero attached hydrogens (tertiary/aromatic N) is 1. The van der Waals surface area contributed by atoms with Gasteiger partial charge in [0.1, 0.15) is 0 Å². The first-order valence-electron chi connectivity index (χ1n) is 9.98. The minimum Gasteiger partial charge on any atom is -0.324 e. The number of rotatable bonds is 8. The lowest BCUT2D eigenvalue weighted by atomic mass is 10.0. The average Bonchev–Trinajstić information content (AvgIpc) is 2.78. The Bertz CT molecular complexity index is 1210. The zero-order chi connectivity index (χ0) is 23.3. The number of benzene rings is 3. The third-order valence-electron chi connectivity index (χ3n) is 5.23. The van der Waals surface area contributed by atoms with E-state index in [9.17, 15) is 18.0 Å². The second-order valence-electron chi connectivity index (χ2n) is 7.49. The Kier molecular flexibility index (Phi) is 7.19. The SMILES string of the molecule is C[C@@H](c1ccc(S(N)(=O)=O)cc1)N(C)CC(=O)Nc1ccccc1C(=O)c1ccccc1. The van der Waals surface area contributed by atoms with Crippen LogP contribution in [0.25, 0.3) is 0 Å². The van der Waals surface area contributed by atoms with Crippen LogP contribution < -0.4 is 10.5 Å². The van der Waals surface area contributed by atoms with E-state index < -0.39 is 10.0 Å². The van der Waals surface area contributed by atoms with Crippen LogP contribution in [0.1, 0.15) is 34.5 Å². The van der Waals surface area contributed by atoms with Crippen molar-refractivity contribution in [3.8, 4) is 0 Å². The molecule has 0 heterocycles. The Morgan fingerprint density at radius 2 is 1.53 bits per heavy atom. The molecule has 0 bridgehead atoms. The van der Waals surface area contributed by atoms with Crippen molar-refractivity contribution in [2.75, 3.05) is 18.9 Å². The number of nitrogens with one attached hydrogen (secondary N) is 1. The highest BCUT2D eigenvalue weighted by molar-refractivity contribution is 7.89. The Morgan fingerprint density at radius 1 is 0.938 bits per heavy atom. The fourth-order valence-corrected chi connectivity index (χ4v) is 3.79. The summed E-state index contributed by atoms with van der Waals surface area (Å²) in [6, 6.07) is 21.9.